The largest absolute Gasteiger partial charge is 0.399 e. The normalized spacial score (nSPS) is 14.4. The maximum atomic E-state index is 11.9. The van der Waals surface area contributed by atoms with Gasteiger partial charge in [0.2, 0.25) is 5.91 Å². The number of rotatable bonds is 8. The summed E-state index contributed by atoms with van der Waals surface area (Å²) in [6, 6.07) is 5.02. The van der Waals surface area contributed by atoms with E-state index in [4.69, 9.17) is 22.1 Å². The highest BCUT2D eigenvalue weighted by molar-refractivity contribution is 6.33. The second-order valence-corrected chi connectivity index (χ2v) is 5.95. The van der Waals surface area contributed by atoms with Gasteiger partial charge in [-0.15, -0.1) is 0 Å². The first kappa shape index (κ1) is 16.1. The molecule has 2 rings (SSSR count). The Bertz CT molecular complexity index is 492. The maximum absolute atomic E-state index is 11.9. The summed E-state index contributed by atoms with van der Waals surface area (Å²) in [5.41, 5.74) is 6.79. The Hall–Kier alpha value is -1.30. The predicted octanol–water partition coefficient (Wildman–Crippen LogP) is 2.22. The fourth-order valence-electron chi connectivity index (χ4n) is 1.91. The SMILES string of the molecule is CN(CCOCC1CC1)CC(=O)Nc1cc(N)ccc1Cl. The van der Waals surface area contributed by atoms with Crippen LogP contribution in [0.4, 0.5) is 11.4 Å². The molecule has 5 nitrogen and oxygen atoms in total. The minimum Gasteiger partial charge on any atom is -0.399 e. The Morgan fingerprint density at radius 1 is 1.52 bits per heavy atom. The van der Waals surface area contributed by atoms with Crippen molar-refractivity contribution < 1.29 is 9.53 Å². The summed E-state index contributed by atoms with van der Waals surface area (Å²) in [6.45, 7) is 2.51. The van der Waals surface area contributed by atoms with Crippen LogP contribution in [0.3, 0.4) is 0 Å². The van der Waals surface area contributed by atoms with Crippen molar-refractivity contribution in [2.75, 3.05) is 44.4 Å². The Labute approximate surface area is 130 Å². The lowest BCUT2D eigenvalue weighted by Crippen LogP contribution is -2.32. The number of carbonyl (C=O) groups is 1. The van der Waals surface area contributed by atoms with E-state index in [0.29, 0.717) is 23.0 Å². The van der Waals surface area contributed by atoms with Gasteiger partial charge in [0.15, 0.2) is 0 Å². The highest BCUT2D eigenvalue weighted by Gasteiger charge is 2.21. The molecule has 1 aromatic carbocycles. The molecule has 21 heavy (non-hydrogen) atoms. The van der Waals surface area contributed by atoms with Crippen molar-refractivity contribution in [2.45, 2.75) is 12.8 Å². The molecule has 1 aromatic rings. The number of anilines is 2. The number of nitrogen functional groups attached to an aromatic ring is 1. The summed E-state index contributed by atoms with van der Waals surface area (Å²) in [7, 11) is 1.89. The molecule has 0 aromatic heterocycles. The minimum absolute atomic E-state index is 0.118. The van der Waals surface area contributed by atoms with Crippen molar-refractivity contribution in [1.29, 1.82) is 0 Å². The summed E-state index contributed by atoms with van der Waals surface area (Å²) >= 11 is 6.01. The quantitative estimate of drug-likeness (QED) is 0.570. The van der Waals surface area contributed by atoms with E-state index in [-0.39, 0.29) is 12.5 Å². The van der Waals surface area contributed by atoms with Gasteiger partial charge in [-0.3, -0.25) is 9.69 Å². The number of amides is 1. The molecule has 0 radical (unpaired) electrons. The van der Waals surface area contributed by atoms with E-state index in [0.717, 1.165) is 19.1 Å². The van der Waals surface area contributed by atoms with Gasteiger partial charge >= 0.3 is 0 Å². The van der Waals surface area contributed by atoms with Crippen LogP contribution in [0.15, 0.2) is 18.2 Å². The van der Waals surface area contributed by atoms with Gasteiger partial charge < -0.3 is 15.8 Å². The van der Waals surface area contributed by atoms with Crippen LogP contribution in [-0.4, -0.2) is 44.2 Å². The number of nitrogens with one attached hydrogen (secondary N) is 1. The molecule has 6 heteroatoms. The molecule has 0 saturated heterocycles. The molecule has 1 fully saturated rings. The lowest BCUT2D eigenvalue weighted by molar-refractivity contribution is -0.117. The van der Waals surface area contributed by atoms with Crippen LogP contribution in [-0.2, 0) is 9.53 Å². The van der Waals surface area contributed by atoms with Crippen molar-refractivity contribution in [2.24, 2.45) is 5.92 Å². The number of likely N-dealkylation sites (N-methyl/N-ethyl adjacent to an activating group) is 1. The predicted molar refractivity (Wildman–Crippen MR) is 85.5 cm³/mol. The lowest BCUT2D eigenvalue weighted by atomic mass is 10.3. The standard InChI is InChI=1S/C15H22ClN3O2/c1-19(6-7-21-10-11-2-3-11)9-15(20)18-14-8-12(17)4-5-13(14)16/h4-5,8,11H,2-3,6-7,9-10,17H2,1H3,(H,18,20). The number of nitrogens with two attached hydrogens (primary N) is 1. The van der Waals surface area contributed by atoms with Crippen molar-refractivity contribution in [1.82, 2.24) is 4.90 Å². The number of ether oxygens (including phenoxy) is 1. The van der Waals surface area contributed by atoms with Crippen molar-refractivity contribution in [3.63, 3.8) is 0 Å². The van der Waals surface area contributed by atoms with Crippen LogP contribution in [0.5, 0.6) is 0 Å². The topological polar surface area (TPSA) is 67.6 Å². The molecule has 0 heterocycles. The fourth-order valence-corrected chi connectivity index (χ4v) is 2.07. The number of carbonyl (C=O) groups excluding carboxylic acids is 1. The van der Waals surface area contributed by atoms with E-state index in [1.54, 1.807) is 18.2 Å². The molecule has 1 aliphatic carbocycles. The highest BCUT2D eigenvalue weighted by Crippen LogP contribution is 2.28. The molecule has 1 aliphatic rings. The molecule has 0 aliphatic heterocycles. The Morgan fingerprint density at radius 3 is 3.00 bits per heavy atom. The van der Waals surface area contributed by atoms with Crippen molar-refractivity contribution >= 4 is 28.9 Å². The third-order valence-electron chi connectivity index (χ3n) is 3.35. The summed E-state index contributed by atoms with van der Waals surface area (Å²) in [4.78, 5) is 13.9. The van der Waals surface area contributed by atoms with Gasteiger partial charge in [0.1, 0.15) is 0 Å². The molecule has 0 atom stereocenters. The van der Waals surface area contributed by atoms with E-state index in [2.05, 4.69) is 5.32 Å². The molecule has 0 unspecified atom stereocenters. The number of hydrogen-bond donors (Lipinski definition) is 2. The second-order valence-electron chi connectivity index (χ2n) is 5.54. The van der Waals surface area contributed by atoms with E-state index < -0.39 is 0 Å². The van der Waals surface area contributed by atoms with E-state index in [9.17, 15) is 4.79 Å². The first-order chi connectivity index (χ1) is 10.0. The zero-order valence-corrected chi connectivity index (χ0v) is 13.0. The molecule has 1 saturated carbocycles. The van der Waals surface area contributed by atoms with Gasteiger partial charge in [0, 0.05) is 18.8 Å². The molecule has 116 valence electrons. The Morgan fingerprint density at radius 2 is 2.29 bits per heavy atom. The molecule has 0 bridgehead atoms. The van der Waals surface area contributed by atoms with E-state index >= 15 is 0 Å². The van der Waals surface area contributed by atoms with Crippen LogP contribution < -0.4 is 11.1 Å². The number of nitrogens with zero attached hydrogens (tertiary/aromatic N) is 1. The van der Waals surface area contributed by atoms with E-state index in [1.807, 2.05) is 11.9 Å². The highest BCUT2D eigenvalue weighted by atomic mass is 35.5. The van der Waals surface area contributed by atoms with Crippen molar-refractivity contribution in [3.05, 3.63) is 23.2 Å². The van der Waals surface area contributed by atoms with Gasteiger partial charge in [-0.05, 0) is 44.0 Å². The Kier molecular flexibility index (Phi) is 5.85. The first-order valence-electron chi connectivity index (χ1n) is 7.16. The van der Waals surface area contributed by atoms with Crippen molar-refractivity contribution in [3.8, 4) is 0 Å². The van der Waals surface area contributed by atoms with Crippen LogP contribution in [0, 0.1) is 5.92 Å². The average molecular weight is 312 g/mol. The number of hydrogen-bond acceptors (Lipinski definition) is 4. The first-order valence-corrected chi connectivity index (χ1v) is 7.53. The zero-order valence-electron chi connectivity index (χ0n) is 12.3. The number of benzene rings is 1. The van der Waals surface area contributed by atoms with Crippen LogP contribution in [0.2, 0.25) is 5.02 Å². The van der Waals surface area contributed by atoms with Gasteiger partial charge in [-0.25, -0.2) is 0 Å². The van der Waals surface area contributed by atoms with Gasteiger partial charge in [0.25, 0.3) is 0 Å². The summed E-state index contributed by atoms with van der Waals surface area (Å²) < 4.78 is 5.55. The fraction of sp³-hybridized carbons (Fsp3) is 0.533. The summed E-state index contributed by atoms with van der Waals surface area (Å²) in [5, 5.41) is 3.25. The van der Waals surface area contributed by atoms with Crippen LogP contribution in [0.1, 0.15) is 12.8 Å². The summed E-state index contributed by atoms with van der Waals surface area (Å²) in [6.07, 6.45) is 2.58. The second kappa shape index (κ2) is 7.64. The van der Waals surface area contributed by atoms with Gasteiger partial charge in [0.05, 0.1) is 23.9 Å². The maximum Gasteiger partial charge on any atom is 0.238 e. The molecule has 3 N–H and O–H groups in total. The average Bonchev–Trinajstić information content (AvgIpc) is 3.23. The third-order valence-corrected chi connectivity index (χ3v) is 3.68. The molecular weight excluding hydrogens is 290 g/mol. The third kappa shape index (κ3) is 5.91. The minimum atomic E-state index is -0.118. The van der Waals surface area contributed by atoms with Gasteiger partial charge in [-0.1, -0.05) is 11.6 Å². The Balaban J connectivity index is 1.68. The van der Waals surface area contributed by atoms with Crippen LogP contribution >= 0.6 is 11.6 Å². The smallest absolute Gasteiger partial charge is 0.238 e. The number of halogens is 1. The monoisotopic (exact) mass is 311 g/mol. The molecule has 0 spiro atoms. The lowest BCUT2D eigenvalue weighted by Gasteiger charge is -2.16. The van der Waals surface area contributed by atoms with Gasteiger partial charge in [-0.2, -0.15) is 0 Å². The van der Waals surface area contributed by atoms with E-state index in [1.165, 1.54) is 12.8 Å². The van der Waals surface area contributed by atoms with Crippen LogP contribution in [0.25, 0.3) is 0 Å². The molecule has 1 amide bonds. The summed E-state index contributed by atoms with van der Waals surface area (Å²) in [5.74, 6) is 0.650. The molecular formula is C15H22ClN3O2. The zero-order chi connectivity index (χ0) is 15.2.